The van der Waals surface area contributed by atoms with Gasteiger partial charge in [0.1, 0.15) is 0 Å². The molecule has 0 aliphatic carbocycles. The molecule has 0 aromatic rings. The first kappa shape index (κ1) is 11.7. The zero-order chi connectivity index (χ0) is 8.53. The maximum absolute atomic E-state index is 3.43. The van der Waals surface area contributed by atoms with E-state index in [9.17, 15) is 0 Å². The molecule has 0 heterocycles. The van der Waals surface area contributed by atoms with Gasteiger partial charge in [-0.3, -0.25) is 0 Å². The zero-order valence-electron chi connectivity index (χ0n) is 7.72. The molecule has 0 radical (unpaired) electrons. The fraction of sp³-hybridized carbons (Fsp3) is 1.00. The highest BCUT2D eigenvalue weighted by Gasteiger charge is 1.96. The van der Waals surface area contributed by atoms with Gasteiger partial charge in [-0.1, -0.05) is 13.8 Å². The van der Waals surface area contributed by atoms with Crippen molar-refractivity contribution in [3.05, 3.63) is 0 Å². The van der Waals surface area contributed by atoms with E-state index in [1.54, 1.807) is 0 Å². The van der Waals surface area contributed by atoms with Crippen molar-refractivity contribution in [3.8, 4) is 0 Å². The van der Waals surface area contributed by atoms with E-state index in [0.29, 0.717) is 0 Å². The van der Waals surface area contributed by atoms with Crippen molar-refractivity contribution in [2.75, 3.05) is 30.9 Å². The van der Waals surface area contributed by atoms with Crippen LogP contribution in [0.5, 0.6) is 0 Å². The van der Waals surface area contributed by atoms with Gasteiger partial charge in [-0.2, -0.15) is 23.5 Å². The molecular formula is C8H19NS2. The van der Waals surface area contributed by atoms with Gasteiger partial charge in [0.05, 0.1) is 0 Å². The fourth-order valence-corrected chi connectivity index (χ4v) is 1.54. The van der Waals surface area contributed by atoms with Crippen molar-refractivity contribution < 1.29 is 0 Å². The molecule has 0 rings (SSSR count). The molecule has 0 saturated carbocycles. The SMILES string of the molecule is CCSCCNCC(C)SC. The lowest BCUT2D eigenvalue weighted by atomic mass is 10.5. The minimum atomic E-state index is 0.752. The first-order valence-corrected chi connectivity index (χ1v) is 6.56. The second-order valence-corrected chi connectivity index (χ2v) is 5.12. The molecule has 0 aromatic heterocycles. The first-order valence-electron chi connectivity index (χ1n) is 4.12. The predicted molar refractivity (Wildman–Crippen MR) is 58.8 cm³/mol. The second-order valence-electron chi connectivity index (χ2n) is 2.45. The zero-order valence-corrected chi connectivity index (χ0v) is 9.36. The maximum Gasteiger partial charge on any atom is 0.0141 e. The Balaban J connectivity index is 2.89. The van der Waals surface area contributed by atoms with E-state index in [2.05, 4.69) is 25.4 Å². The summed E-state index contributed by atoms with van der Waals surface area (Å²) in [5.74, 6) is 2.48. The highest BCUT2D eigenvalue weighted by molar-refractivity contribution is 7.99. The molecule has 0 amide bonds. The van der Waals surface area contributed by atoms with Crippen molar-refractivity contribution in [1.29, 1.82) is 0 Å². The van der Waals surface area contributed by atoms with E-state index in [4.69, 9.17) is 0 Å². The van der Waals surface area contributed by atoms with E-state index in [1.165, 1.54) is 11.5 Å². The van der Waals surface area contributed by atoms with E-state index in [1.807, 2.05) is 23.5 Å². The van der Waals surface area contributed by atoms with Crippen LogP contribution < -0.4 is 5.32 Å². The van der Waals surface area contributed by atoms with Crippen molar-refractivity contribution in [3.63, 3.8) is 0 Å². The number of thioether (sulfide) groups is 2. The lowest BCUT2D eigenvalue weighted by Crippen LogP contribution is -2.24. The number of hydrogen-bond acceptors (Lipinski definition) is 3. The van der Waals surface area contributed by atoms with Crippen LogP contribution >= 0.6 is 23.5 Å². The summed E-state index contributed by atoms with van der Waals surface area (Å²) >= 11 is 3.92. The minimum absolute atomic E-state index is 0.752. The monoisotopic (exact) mass is 193 g/mol. The van der Waals surface area contributed by atoms with Gasteiger partial charge in [0.15, 0.2) is 0 Å². The van der Waals surface area contributed by atoms with Crippen LogP contribution in [0, 0.1) is 0 Å². The van der Waals surface area contributed by atoms with E-state index in [0.717, 1.165) is 18.3 Å². The first-order chi connectivity index (χ1) is 5.31. The highest BCUT2D eigenvalue weighted by atomic mass is 32.2. The summed E-state index contributed by atoms with van der Waals surface area (Å²) in [4.78, 5) is 0. The summed E-state index contributed by atoms with van der Waals surface area (Å²) in [7, 11) is 0. The highest BCUT2D eigenvalue weighted by Crippen LogP contribution is 2.02. The van der Waals surface area contributed by atoms with Gasteiger partial charge in [0.25, 0.3) is 0 Å². The lowest BCUT2D eigenvalue weighted by molar-refractivity contribution is 0.718. The molecule has 11 heavy (non-hydrogen) atoms. The molecule has 0 fully saturated rings. The summed E-state index contributed by atoms with van der Waals surface area (Å²) in [5.41, 5.74) is 0. The Hall–Kier alpha value is 0.660. The van der Waals surface area contributed by atoms with Crippen molar-refractivity contribution in [2.45, 2.75) is 19.1 Å². The topological polar surface area (TPSA) is 12.0 Å². The number of rotatable bonds is 7. The van der Waals surface area contributed by atoms with Crippen LogP contribution in [-0.4, -0.2) is 36.1 Å². The average Bonchev–Trinajstić information content (AvgIpc) is 2.04. The molecule has 1 nitrogen and oxygen atoms in total. The van der Waals surface area contributed by atoms with Gasteiger partial charge in [-0.05, 0) is 12.0 Å². The van der Waals surface area contributed by atoms with Gasteiger partial charge in [-0.25, -0.2) is 0 Å². The summed E-state index contributed by atoms with van der Waals surface area (Å²) in [6, 6.07) is 0. The van der Waals surface area contributed by atoms with Crippen LogP contribution in [-0.2, 0) is 0 Å². The molecule has 0 aliphatic heterocycles. The van der Waals surface area contributed by atoms with E-state index >= 15 is 0 Å². The van der Waals surface area contributed by atoms with Crippen molar-refractivity contribution in [1.82, 2.24) is 5.32 Å². The lowest BCUT2D eigenvalue weighted by Gasteiger charge is -2.08. The molecule has 68 valence electrons. The molecule has 0 saturated heterocycles. The van der Waals surface area contributed by atoms with Gasteiger partial charge in [-0.15, -0.1) is 0 Å². The molecule has 1 atom stereocenters. The quantitative estimate of drug-likeness (QED) is 0.622. The number of hydrogen-bond donors (Lipinski definition) is 1. The van der Waals surface area contributed by atoms with Crippen LogP contribution in [0.3, 0.4) is 0 Å². The van der Waals surface area contributed by atoms with Crippen molar-refractivity contribution >= 4 is 23.5 Å². The Morgan fingerprint density at radius 3 is 2.73 bits per heavy atom. The van der Waals surface area contributed by atoms with Crippen LogP contribution in [0.1, 0.15) is 13.8 Å². The Bertz CT molecular complexity index is 78.5. The summed E-state index contributed by atoms with van der Waals surface area (Å²) in [6.45, 7) is 6.76. The molecule has 0 aromatic carbocycles. The van der Waals surface area contributed by atoms with E-state index < -0.39 is 0 Å². The third-order valence-corrected chi connectivity index (χ3v) is 3.33. The molecule has 1 N–H and O–H groups in total. The summed E-state index contributed by atoms with van der Waals surface area (Å²) < 4.78 is 0. The normalized spacial score (nSPS) is 13.4. The van der Waals surface area contributed by atoms with Gasteiger partial charge in [0.2, 0.25) is 0 Å². The van der Waals surface area contributed by atoms with Crippen LogP contribution in [0.25, 0.3) is 0 Å². The molecule has 3 heteroatoms. The van der Waals surface area contributed by atoms with Gasteiger partial charge >= 0.3 is 0 Å². The maximum atomic E-state index is 3.43. The van der Waals surface area contributed by atoms with E-state index in [-0.39, 0.29) is 0 Å². The molecule has 0 spiro atoms. The van der Waals surface area contributed by atoms with Crippen LogP contribution in [0.4, 0.5) is 0 Å². The van der Waals surface area contributed by atoms with Crippen molar-refractivity contribution in [2.24, 2.45) is 0 Å². The molecule has 0 bridgehead atoms. The second kappa shape index (κ2) is 8.75. The molecule has 0 aliphatic rings. The Kier molecular flexibility index (Phi) is 9.28. The number of nitrogens with one attached hydrogen (secondary N) is 1. The third kappa shape index (κ3) is 8.57. The fourth-order valence-electron chi connectivity index (χ4n) is 0.677. The van der Waals surface area contributed by atoms with Crippen LogP contribution in [0.2, 0.25) is 0 Å². The minimum Gasteiger partial charge on any atom is -0.315 e. The predicted octanol–water partition coefficient (Wildman–Crippen LogP) is 2.08. The largest absolute Gasteiger partial charge is 0.315 e. The van der Waals surface area contributed by atoms with Gasteiger partial charge < -0.3 is 5.32 Å². The van der Waals surface area contributed by atoms with Gasteiger partial charge in [0, 0.05) is 24.1 Å². The third-order valence-electron chi connectivity index (χ3n) is 1.46. The Morgan fingerprint density at radius 1 is 1.45 bits per heavy atom. The Morgan fingerprint density at radius 2 is 2.18 bits per heavy atom. The molecule has 1 unspecified atom stereocenters. The Labute approximate surface area is 79.1 Å². The summed E-state index contributed by atoms with van der Waals surface area (Å²) in [6.07, 6.45) is 2.16. The molecular weight excluding hydrogens is 174 g/mol. The average molecular weight is 193 g/mol. The standard InChI is InChI=1S/C8H19NS2/c1-4-11-6-5-9-7-8(2)10-3/h8-9H,4-7H2,1-3H3. The smallest absolute Gasteiger partial charge is 0.0141 e. The van der Waals surface area contributed by atoms with Crippen LogP contribution in [0.15, 0.2) is 0 Å². The summed E-state index contributed by atoms with van der Waals surface area (Å²) in [5, 5.41) is 4.18.